The molecule has 4 rings (SSSR count). The van der Waals surface area contributed by atoms with E-state index in [2.05, 4.69) is 4.98 Å². The molecule has 1 N–H and O–H groups in total. The summed E-state index contributed by atoms with van der Waals surface area (Å²) in [4.78, 5) is 15.0. The minimum Gasteiger partial charge on any atom is -0.487 e. The highest BCUT2D eigenvalue weighted by molar-refractivity contribution is 7.92. The molecule has 3 aromatic rings. The van der Waals surface area contributed by atoms with Gasteiger partial charge in [0.1, 0.15) is 18.6 Å². The highest BCUT2D eigenvalue weighted by Gasteiger charge is 2.31. The van der Waals surface area contributed by atoms with E-state index in [1.165, 1.54) is 16.6 Å². The fraction of sp³-hybridized carbons (Fsp3) is 0.308. The van der Waals surface area contributed by atoms with Crippen molar-refractivity contribution in [3.05, 3.63) is 83.0 Å². The Kier molecular flexibility index (Phi) is 7.29. The number of pyridine rings is 1. The number of hydrogen-bond donors (Lipinski definition) is 1. The molecule has 1 aromatic heterocycles. The number of hydrogen-bond acceptors (Lipinski definition) is 6. The number of aliphatic hydroxyl groups excluding tert-OH is 1. The van der Waals surface area contributed by atoms with Crippen LogP contribution in [-0.2, 0) is 29.5 Å². The highest BCUT2D eigenvalue weighted by Crippen LogP contribution is 2.38. The summed E-state index contributed by atoms with van der Waals surface area (Å²) >= 11 is 0. The van der Waals surface area contributed by atoms with Crippen LogP contribution in [0.25, 0.3) is 0 Å². The fourth-order valence-electron chi connectivity index (χ4n) is 4.01. The number of carbonyl (C=O) groups is 1. The first-order chi connectivity index (χ1) is 16.4. The standard InChI is InChI=1S/C26H28N2O5S/c1-2-23(30)16-28(34(31,32)26-8-3-4-13-27-26)24-14-21-6-5-7-22(21)15-25(24)33-18-20-11-9-19(17-29)10-12-20/h3-4,8-15,17,23,30H,2,5-7,16,18H2,1H3/t23-/m1/s1. The molecule has 0 saturated heterocycles. The molecule has 7 nitrogen and oxygen atoms in total. The van der Waals surface area contributed by atoms with Gasteiger partial charge in [0.2, 0.25) is 0 Å². The van der Waals surface area contributed by atoms with E-state index in [4.69, 9.17) is 4.74 Å². The van der Waals surface area contributed by atoms with Crippen LogP contribution in [0.1, 0.15) is 46.8 Å². The molecule has 0 spiro atoms. The van der Waals surface area contributed by atoms with Crippen LogP contribution in [0.5, 0.6) is 5.75 Å². The van der Waals surface area contributed by atoms with Gasteiger partial charge in [0.25, 0.3) is 10.0 Å². The van der Waals surface area contributed by atoms with Crippen LogP contribution in [0.3, 0.4) is 0 Å². The van der Waals surface area contributed by atoms with Crippen molar-refractivity contribution in [2.24, 2.45) is 0 Å². The monoisotopic (exact) mass is 480 g/mol. The molecule has 178 valence electrons. The predicted molar refractivity (Wildman–Crippen MR) is 130 cm³/mol. The van der Waals surface area contributed by atoms with E-state index in [1.54, 1.807) is 43.3 Å². The van der Waals surface area contributed by atoms with Crippen molar-refractivity contribution in [1.82, 2.24) is 4.98 Å². The lowest BCUT2D eigenvalue weighted by Gasteiger charge is -2.28. The molecule has 1 aliphatic rings. The van der Waals surface area contributed by atoms with E-state index in [9.17, 15) is 18.3 Å². The number of carbonyl (C=O) groups excluding carboxylic acids is 1. The SMILES string of the molecule is CC[C@@H](O)CN(c1cc2c(cc1OCc1ccc(C=O)cc1)CCC2)S(=O)(=O)c1ccccn1. The molecular weight excluding hydrogens is 452 g/mol. The maximum Gasteiger partial charge on any atom is 0.282 e. The number of anilines is 1. The predicted octanol–water partition coefficient (Wildman–Crippen LogP) is 3.93. The van der Waals surface area contributed by atoms with Crippen LogP contribution >= 0.6 is 0 Å². The minimum absolute atomic E-state index is 0.0887. The highest BCUT2D eigenvalue weighted by atomic mass is 32.2. The van der Waals surface area contributed by atoms with E-state index >= 15 is 0 Å². The molecule has 34 heavy (non-hydrogen) atoms. The van der Waals surface area contributed by atoms with Gasteiger partial charge in [-0.1, -0.05) is 37.3 Å². The van der Waals surface area contributed by atoms with Gasteiger partial charge < -0.3 is 9.84 Å². The molecule has 0 unspecified atom stereocenters. The minimum atomic E-state index is -4.05. The summed E-state index contributed by atoms with van der Waals surface area (Å²) in [6, 6.07) is 15.5. The Balaban J connectivity index is 1.75. The zero-order valence-corrected chi connectivity index (χ0v) is 19.9. The van der Waals surface area contributed by atoms with E-state index in [0.29, 0.717) is 23.4 Å². The van der Waals surface area contributed by atoms with Crippen molar-refractivity contribution in [3.63, 3.8) is 0 Å². The number of nitrogens with zero attached hydrogens (tertiary/aromatic N) is 2. The summed E-state index contributed by atoms with van der Waals surface area (Å²) in [6.07, 6.45) is 4.53. The first-order valence-electron chi connectivity index (χ1n) is 11.4. The maximum absolute atomic E-state index is 13.6. The van der Waals surface area contributed by atoms with E-state index in [-0.39, 0.29) is 18.2 Å². The number of aliphatic hydroxyl groups is 1. The van der Waals surface area contributed by atoms with Gasteiger partial charge in [0.05, 0.1) is 18.3 Å². The number of aromatic nitrogens is 1. The van der Waals surface area contributed by atoms with Crippen molar-refractivity contribution < 1.29 is 23.1 Å². The number of aryl methyl sites for hydroxylation is 2. The van der Waals surface area contributed by atoms with Crippen molar-refractivity contribution in [1.29, 1.82) is 0 Å². The zero-order chi connectivity index (χ0) is 24.1. The summed E-state index contributed by atoms with van der Waals surface area (Å²) < 4.78 is 34.7. The third kappa shape index (κ3) is 5.13. The van der Waals surface area contributed by atoms with Crippen molar-refractivity contribution in [3.8, 4) is 5.75 Å². The zero-order valence-electron chi connectivity index (χ0n) is 19.1. The lowest BCUT2D eigenvalue weighted by molar-refractivity contribution is 0.112. The van der Waals surface area contributed by atoms with Gasteiger partial charge in [-0.3, -0.25) is 9.10 Å². The molecule has 1 heterocycles. The van der Waals surface area contributed by atoms with E-state index < -0.39 is 16.1 Å². The first-order valence-corrected chi connectivity index (χ1v) is 12.8. The van der Waals surface area contributed by atoms with Gasteiger partial charge in [0.15, 0.2) is 5.03 Å². The van der Waals surface area contributed by atoms with Crippen LogP contribution < -0.4 is 9.04 Å². The second-order valence-corrected chi connectivity index (χ2v) is 10.2. The summed E-state index contributed by atoms with van der Waals surface area (Å²) in [5, 5.41) is 10.4. The Morgan fingerprint density at radius 2 is 1.85 bits per heavy atom. The lowest BCUT2D eigenvalue weighted by Crippen LogP contribution is -2.38. The molecule has 1 aliphatic carbocycles. The largest absolute Gasteiger partial charge is 0.487 e. The molecule has 0 fully saturated rings. The number of benzene rings is 2. The summed E-state index contributed by atoms with van der Waals surface area (Å²) in [7, 11) is -4.05. The topological polar surface area (TPSA) is 96.8 Å². The van der Waals surface area contributed by atoms with Crippen LogP contribution in [0.2, 0.25) is 0 Å². The molecule has 0 bridgehead atoms. The van der Waals surface area contributed by atoms with Gasteiger partial charge in [-0.25, -0.2) is 4.98 Å². The average Bonchev–Trinajstić information content (AvgIpc) is 3.33. The van der Waals surface area contributed by atoms with Crippen LogP contribution in [0.4, 0.5) is 5.69 Å². The lowest BCUT2D eigenvalue weighted by atomic mass is 10.1. The molecule has 0 saturated carbocycles. The third-order valence-electron chi connectivity index (χ3n) is 5.99. The van der Waals surface area contributed by atoms with E-state index in [1.807, 2.05) is 12.1 Å². The number of sulfonamides is 1. The Morgan fingerprint density at radius 1 is 1.12 bits per heavy atom. The Morgan fingerprint density at radius 3 is 2.50 bits per heavy atom. The maximum atomic E-state index is 13.6. The van der Waals surface area contributed by atoms with Crippen LogP contribution in [-0.4, -0.2) is 37.4 Å². The van der Waals surface area contributed by atoms with Crippen molar-refractivity contribution in [2.75, 3.05) is 10.8 Å². The van der Waals surface area contributed by atoms with Gasteiger partial charge in [-0.2, -0.15) is 8.42 Å². The van der Waals surface area contributed by atoms with Gasteiger partial charge in [-0.15, -0.1) is 0 Å². The molecule has 0 radical (unpaired) electrons. The number of aldehydes is 1. The molecule has 0 aliphatic heterocycles. The van der Waals surface area contributed by atoms with Crippen LogP contribution in [0.15, 0.2) is 65.8 Å². The van der Waals surface area contributed by atoms with Crippen molar-refractivity contribution in [2.45, 2.75) is 50.3 Å². The molecule has 8 heteroatoms. The molecular formula is C26H28N2O5S. The summed E-state index contributed by atoms with van der Waals surface area (Å²) in [5.74, 6) is 0.433. The van der Waals surface area contributed by atoms with Crippen LogP contribution in [0, 0.1) is 0 Å². The number of rotatable bonds is 10. The molecule has 0 amide bonds. The van der Waals surface area contributed by atoms with E-state index in [0.717, 1.165) is 42.2 Å². The first kappa shape index (κ1) is 23.9. The van der Waals surface area contributed by atoms with Gasteiger partial charge in [-0.05, 0) is 66.6 Å². The second kappa shape index (κ2) is 10.4. The average molecular weight is 481 g/mol. The number of ether oxygens (including phenoxy) is 1. The third-order valence-corrected chi connectivity index (χ3v) is 7.69. The van der Waals surface area contributed by atoms with Crippen molar-refractivity contribution >= 4 is 22.0 Å². The summed E-state index contributed by atoms with van der Waals surface area (Å²) in [5.41, 5.74) is 4.04. The van der Waals surface area contributed by atoms with Gasteiger partial charge >= 0.3 is 0 Å². The Bertz CT molecular complexity index is 1240. The number of fused-ring (bicyclic) bond motifs is 1. The molecule has 1 atom stereocenters. The Labute approximate surface area is 200 Å². The molecule has 2 aromatic carbocycles. The smallest absolute Gasteiger partial charge is 0.282 e. The fourth-order valence-corrected chi connectivity index (χ4v) is 5.45. The summed E-state index contributed by atoms with van der Waals surface area (Å²) in [6.45, 7) is 1.90. The second-order valence-electron chi connectivity index (χ2n) is 8.36. The van der Waals surface area contributed by atoms with Gasteiger partial charge in [0, 0.05) is 11.8 Å². The Hall–Kier alpha value is -3.23. The normalized spacial score (nSPS) is 13.8. The quantitative estimate of drug-likeness (QED) is 0.442.